The van der Waals surface area contributed by atoms with Gasteiger partial charge in [0, 0.05) is 17.1 Å². The summed E-state index contributed by atoms with van der Waals surface area (Å²) < 4.78 is 5.26. The molecule has 0 bridgehead atoms. The van der Waals surface area contributed by atoms with Gasteiger partial charge in [-0.25, -0.2) is 4.79 Å². The Morgan fingerprint density at radius 1 is 1.12 bits per heavy atom. The Labute approximate surface area is 145 Å². The Hall–Kier alpha value is -2.27. The first-order valence-electron chi connectivity index (χ1n) is 7.98. The van der Waals surface area contributed by atoms with E-state index in [2.05, 4.69) is 0 Å². The zero-order valence-corrected chi connectivity index (χ0v) is 14.3. The number of nitrogens with zero attached hydrogens (tertiary/aromatic N) is 1. The molecule has 0 saturated carbocycles. The van der Waals surface area contributed by atoms with Crippen molar-refractivity contribution < 1.29 is 14.3 Å². The second kappa shape index (κ2) is 7.53. The maximum atomic E-state index is 12.4. The van der Waals surface area contributed by atoms with Crippen LogP contribution in [0.5, 0.6) is 0 Å². The molecule has 1 aliphatic heterocycles. The summed E-state index contributed by atoms with van der Waals surface area (Å²) in [5.74, 6) is 0.231. The van der Waals surface area contributed by atoms with Gasteiger partial charge < -0.3 is 9.64 Å². The number of carbonyl (C=O) groups is 2. The van der Waals surface area contributed by atoms with Gasteiger partial charge in [0.15, 0.2) is 6.61 Å². The fraction of sp³-hybridized carbons (Fsp3) is 0.263. The number of amides is 1. The van der Waals surface area contributed by atoms with Crippen LogP contribution in [0.15, 0.2) is 53.4 Å². The monoisotopic (exact) mass is 341 g/mol. The first-order chi connectivity index (χ1) is 11.7. The predicted octanol–water partition coefficient (Wildman–Crippen LogP) is 3.54. The summed E-state index contributed by atoms with van der Waals surface area (Å²) >= 11 is 1.58. The van der Waals surface area contributed by atoms with E-state index in [4.69, 9.17) is 4.74 Å². The highest BCUT2D eigenvalue weighted by Gasteiger charge is 2.25. The lowest BCUT2D eigenvalue weighted by molar-refractivity contribution is -0.121. The Morgan fingerprint density at radius 3 is 2.71 bits per heavy atom. The standard InChI is InChI=1S/C19H19NO3S/c1-2-24-17-10-6-4-8-15(17)19(22)23-13-18(21)20-12-11-14-7-3-5-9-16(14)20/h3-10H,2,11-13H2,1H3. The number of rotatable bonds is 5. The van der Waals surface area contributed by atoms with E-state index in [9.17, 15) is 9.59 Å². The lowest BCUT2D eigenvalue weighted by Crippen LogP contribution is -2.33. The molecule has 4 nitrogen and oxygen atoms in total. The summed E-state index contributed by atoms with van der Waals surface area (Å²) in [6.45, 7) is 2.43. The molecule has 0 saturated heterocycles. The van der Waals surface area contributed by atoms with Gasteiger partial charge in [0.05, 0.1) is 5.56 Å². The minimum Gasteiger partial charge on any atom is -0.452 e. The first-order valence-corrected chi connectivity index (χ1v) is 8.96. The number of anilines is 1. The molecule has 5 heteroatoms. The van der Waals surface area contributed by atoms with Crippen molar-refractivity contribution in [2.45, 2.75) is 18.2 Å². The van der Waals surface area contributed by atoms with Gasteiger partial charge in [-0.2, -0.15) is 0 Å². The second-order valence-corrected chi connectivity index (χ2v) is 6.74. The van der Waals surface area contributed by atoms with Crippen LogP contribution in [0.1, 0.15) is 22.8 Å². The lowest BCUT2D eigenvalue weighted by Gasteiger charge is -2.17. The van der Waals surface area contributed by atoms with E-state index in [0.717, 1.165) is 28.3 Å². The van der Waals surface area contributed by atoms with Crippen LogP contribution in [-0.4, -0.2) is 30.8 Å². The van der Waals surface area contributed by atoms with Crippen LogP contribution in [0.2, 0.25) is 0 Å². The van der Waals surface area contributed by atoms with Crippen molar-refractivity contribution in [3.63, 3.8) is 0 Å². The Balaban J connectivity index is 1.64. The summed E-state index contributed by atoms with van der Waals surface area (Å²) in [6, 6.07) is 15.1. The van der Waals surface area contributed by atoms with E-state index < -0.39 is 5.97 Å². The lowest BCUT2D eigenvalue weighted by atomic mass is 10.2. The van der Waals surface area contributed by atoms with Gasteiger partial charge in [0.1, 0.15) is 0 Å². The van der Waals surface area contributed by atoms with Crippen molar-refractivity contribution in [1.29, 1.82) is 0 Å². The van der Waals surface area contributed by atoms with E-state index >= 15 is 0 Å². The highest BCUT2D eigenvalue weighted by molar-refractivity contribution is 7.99. The van der Waals surface area contributed by atoms with E-state index in [1.165, 1.54) is 0 Å². The molecule has 0 N–H and O–H groups in total. The highest BCUT2D eigenvalue weighted by Crippen LogP contribution is 2.27. The Kier molecular flexibility index (Phi) is 5.20. The van der Waals surface area contributed by atoms with E-state index in [1.807, 2.05) is 43.3 Å². The topological polar surface area (TPSA) is 46.6 Å². The molecular weight excluding hydrogens is 322 g/mol. The average Bonchev–Trinajstić information content (AvgIpc) is 3.04. The molecule has 0 spiro atoms. The van der Waals surface area contributed by atoms with Crippen molar-refractivity contribution in [2.24, 2.45) is 0 Å². The number of ether oxygens (including phenoxy) is 1. The molecule has 0 aliphatic carbocycles. The molecule has 0 unspecified atom stereocenters. The van der Waals surface area contributed by atoms with Gasteiger partial charge in [-0.15, -0.1) is 11.8 Å². The van der Waals surface area contributed by atoms with Crippen LogP contribution in [0, 0.1) is 0 Å². The summed E-state index contributed by atoms with van der Waals surface area (Å²) in [5.41, 5.74) is 2.58. The smallest absolute Gasteiger partial charge is 0.339 e. The van der Waals surface area contributed by atoms with Crippen molar-refractivity contribution in [2.75, 3.05) is 23.8 Å². The Morgan fingerprint density at radius 2 is 1.88 bits per heavy atom. The van der Waals surface area contributed by atoms with Gasteiger partial charge in [0.2, 0.25) is 0 Å². The number of carbonyl (C=O) groups excluding carboxylic acids is 2. The van der Waals surface area contributed by atoms with Crippen LogP contribution in [0.25, 0.3) is 0 Å². The average molecular weight is 341 g/mol. The molecule has 3 rings (SSSR count). The van der Waals surface area contributed by atoms with Crippen LogP contribution < -0.4 is 4.90 Å². The quantitative estimate of drug-likeness (QED) is 0.616. The summed E-state index contributed by atoms with van der Waals surface area (Å²) in [7, 11) is 0. The molecule has 1 amide bonds. The molecule has 24 heavy (non-hydrogen) atoms. The van der Waals surface area contributed by atoms with E-state index in [-0.39, 0.29) is 12.5 Å². The molecule has 1 heterocycles. The van der Waals surface area contributed by atoms with Crippen LogP contribution in [0.3, 0.4) is 0 Å². The number of hydrogen-bond donors (Lipinski definition) is 0. The maximum Gasteiger partial charge on any atom is 0.339 e. The van der Waals surface area contributed by atoms with Crippen LogP contribution >= 0.6 is 11.8 Å². The zero-order chi connectivity index (χ0) is 16.9. The molecule has 0 atom stereocenters. The molecule has 0 aromatic heterocycles. The summed E-state index contributed by atoms with van der Waals surface area (Å²) in [6.07, 6.45) is 0.839. The minimum atomic E-state index is -0.451. The summed E-state index contributed by atoms with van der Waals surface area (Å²) in [4.78, 5) is 27.3. The molecule has 2 aromatic rings. The predicted molar refractivity (Wildman–Crippen MR) is 95.6 cm³/mol. The van der Waals surface area contributed by atoms with Gasteiger partial charge in [-0.05, 0) is 35.9 Å². The molecule has 0 radical (unpaired) electrons. The third-order valence-corrected chi connectivity index (χ3v) is 4.88. The second-order valence-electron chi connectivity index (χ2n) is 5.43. The fourth-order valence-corrected chi connectivity index (χ4v) is 3.59. The SMILES string of the molecule is CCSc1ccccc1C(=O)OCC(=O)N1CCc2ccccc21. The third-order valence-electron chi connectivity index (χ3n) is 3.92. The van der Waals surface area contributed by atoms with E-state index in [0.29, 0.717) is 12.1 Å². The number of para-hydroxylation sites is 1. The first kappa shape index (κ1) is 16.6. The van der Waals surface area contributed by atoms with Crippen molar-refractivity contribution >= 4 is 29.3 Å². The van der Waals surface area contributed by atoms with E-state index in [1.54, 1.807) is 28.8 Å². The largest absolute Gasteiger partial charge is 0.452 e. The summed E-state index contributed by atoms with van der Waals surface area (Å²) in [5, 5.41) is 0. The zero-order valence-electron chi connectivity index (χ0n) is 13.5. The van der Waals surface area contributed by atoms with Gasteiger partial charge in [0.25, 0.3) is 5.91 Å². The van der Waals surface area contributed by atoms with Gasteiger partial charge in [-0.3, -0.25) is 4.79 Å². The normalized spacial score (nSPS) is 12.8. The molecule has 124 valence electrons. The number of thioether (sulfide) groups is 1. The van der Waals surface area contributed by atoms with Crippen LogP contribution in [-0.2, 0) is 16.0 Å². The number of benzene rings is 2. The molecule has 2 aromatic carbocycles. The number of hydrogen-bond acceptors (Lipinski definition) is 4. The number of esters is 1. The molecular formula is C19H19NO3S. The van der Waals surface area contributed by atoms with Gasteiger partial charge in [-0.1, -0.05) is 37.3 Å². The minimum absolute atomic E-state index is 0.186. The van der Waals surface area contributed by atoms with Crippen molar-refractivity contribution in [1.82, 2.24) is 0 Å². The molecule has 1 aliphatic rings. The maximum absolute atomic E-state index is 12.4. The van der Waals surface area contributed by atoms with Crippen molar-refractivity contribution in [3.05, 3.63) is 59.7 Å². The Bertz CT molecular complexity index is 760. The highest BCUT2D eigenvalue weighted by atomic mass is 32.2. The van der Waals surface area contributed by atoms with Crippen molar-refractivity contribution in [3.8, 4) is 0 Å². The number of fused-ring (bicyclic) bond motifs is 1. The fourth-order valence-electron chi connectivity index (χ4n) is 2.80. The third kappa shape index (κ3) is 3.46. The van der Waals surface area contributed by atoms with Gasteiger partial charge >= 0.3 is 5.97 Å². The van der Waals surface area contributed by atoms with Crippen LogP contribution in [0.4, 0.5) is 5.69 Å². The molecule has 0 fully saturated rings.